The van der Waals surface area contributed by atoms with Gasteiger partial charge in [0, 0.05) is 72.4 Å². The van der Waals surface area contributed by atoms with Gasteiger partial charge in [-0.3, -0.25) is 0 Å². The average Bonchev–Trinajstić information content (AvgIpc) is 3.16. The fourth-order valence-corrected chi connectivity index (χ4v) is 7.03. The summed E-state index contributed by atoms with van der Waals surface area (Å²) in [5.74, 6) is 0.652. The van der Waals surface area contributed by atoms with Crippen LogP contribution in [0.15, 0.2) is 40.1 Å². The van der Waals surface area contributed by atoms with Gasteiger partial charge in [0.25, 0.3) is 0 Å². The predicted octanol–water partition coefficient (Wildman–Crippen LogP) is 5.83. The number of anilines is 2. The normalized spacial score (nSPS) is 23.3. The summed E-state index contributed by atoms with van der Waals surface area (Å²) in [5.41, 5.74) is 9.08. The number of halogens is 3. The van der Waals surface area contributed by atoms with Gasteiger partial charge in [0.1, 0.15) is 0 Å². The van der Waals surface area contributed by atoms with Crippen LogP contribution in [0.3, 0.4) is 0 Å². The molecule has 5 rings (SSSR count). The van der Waals surface area contributed by atoms with E-state index in [1.165, 1.54) is 41.6 Å². The lowest BCUT2D eigenvalue weighted by Crippen LogP contribution is -2.41. The van der Waals surface area contributed by atoms with Crippen molar-refractivity contribution in [2.24, 2.45) is 11.7 Å². The van der Waals surface area contributed by atoms with Gasteiger partial charge < -0.3 is 20.9 Å². The van der Waals surface area contributed by atoms with Crippen LogP contribution in [0.2, 0.25) is 0 Å². The van der Waals surface area contributed by atoms with Crippen molar-refractivity contribution in [2.45, 2.75) is 67.6 Å². The third kappa shape index (κ3) is 5.30. The van der Waals surface area contributed by atoms with Gasteiger partial charge in [-0.2, -0.15) is 13.2 Å². The molecule has 3 aliphatic rings. The van der Waals surface area contributed by atoms with E-state index >= 15 is 0 Å². The lowest BCUT2D eigenvalue weighted by molar-refractivity contribution is -0.137. The van der Waals surface area contributed by atoms with Crippen LogP contribution in [0.4, 0.5) is 24.5 Å². The molecule has 0 spiro atoms. The van der Waals surface area contributed by atoms with Crippen LogP contribution in [0.1, 0.15) is 49.8 Å². The van der Waals surface area contributed by atoms with Crippen LogP contribution < -0.4 is 16.0 Å². The number of nitrogens with zero attached hydrogens (tertiary/aromatic N) is 2. The van der Waals surface area contributed by atoms with Gasteiger partial charge >= 0.3 is 6.18 Å². The maximum Gasteiger partial charge on any atom is 0.416 e. The molecule has 8 heteroatoms. The van der Waals surface area contributed by atoms with E-state index in [0.29, 0.717) is 30.6 Å². The summed E-state index contributed by atoms with van der Waals surface area (Å²) in [6.45, 7) is 8.89. The van der Waals surface area contributed by atoms with E-state index in [-0.39, 0.29) is 6.04 Å². The number of likely N-dealkylation sites (tertiary alicyclic amines) is 1. The van der Waals surface area contributed by atoms with Crippen LogP contribution in [0.25, 0.3) is 0 Å². The first-order chi connectivity index (χ1) is 16.7. The summed E-state index contributed by atoms with van der Waals surface area (Å²) >= 11 is 1.48. The second kappa shape index (κ2) is 9.87. The molecule has 2 atom stereocenters. The molecule has 0 aliphatic carbocycles. The van der Waals surface area contributed by atoms with E-state index in [2.05, 4.69) is 47.2 Å². The quantitative estimate of drug-likeness (QED) is 0.458. The molecular weight excluding hydrogens is 469 g/mol. The smallest absolute Gasteiger partial charge is 0.382 e. The molecule has 0 amide bonds. The van der Waals surface area contributed by atoms with E-state index < -0.39 is 11.7 Å². The Kier molecular flexibility index (Phi) is 6.98. The zero-order chi connectivity index (χ0) is 24.7. The molecule has 0 bridgehead atoms. The highest BCUT2D eigenvalue weighted by atomic mass is 32.2. The molecule has 2 aromatic carbocycles. The van der Waals surface area contributed by atoms with E-state index in [0.717, 1.165) is 54.4 Å². The average molecular weight is 505 g/mol. The number of alkyl halides is 3. The van der Waals surface area contributed by atoms with Crippen LogP contribution in [-0.4, -0.2) is 49.7 Å². The van der Waals surface area contributed by atoms with Crippen LogP contribution >= 0.6 is 11.8 Å². The Labute approximate surface area is 210 Å². The van der Waals surface area contributed by atoms with Gasteiger partial charge in [0.15, 0.2) is 0 Å². The minimum atomic E-state index is -4.38. The summed E-state index contributed by atoms with van der Waals surface area (Å²) in [6.07, 6.45) is -0.743. The Hall–Kier alpha value is -1.90. The summed E-state index contributed by atoms with van der Waals surface area (Å²) in [4.78, 5) is 6.54. The molecule has 35 heavy (non-hydrogen) atoms. The molecule has 3 aliphatic heterocycles. The highest BCUT2D eigenvalue weighted by Crippen LogP contribution is 2.47. The van der Waals surface area contributed by atoms with Crippen molar-refractivity contribution in [3.8, 4) is 0 Å². The van der Waals surface area contributed by atoms with Crippen molar-refractivity contribution in [1.29, 1.82) is 0 Å². The molecule has 0 aromatic heterocycles. The molecule has 4 nitrogen and oxygen atoms in total. The minimum Gasteiger partial charge on any atom is -0.382 e. The monoisotopic (exact) mass is 504 g/mol. The lowest BCUT2D eigenvalue weighted by Gasteiger charge is -2.34. The number of hydrogen-bond donors (Lipinski definition) is 2. The van der Waals surface area contributed by atoms with Crippen molar-refractivity contribution in [1.82, 2.24) is 4.90 Å². The van der Waals surface area contributed by atoms with Crippen molar-refractivity contribution in [3.63, 3.8) is 0 Å². The van der Waals surface area contributed by atoms with E-state index in [4.69, 9.17) is 5.73 Å². The summed E-state index contributed by atoms with van der Waals surface area (Å²) < 4.78 is 41.5. The van der Waals surface area contributed by atoms with E-state index in [1.807, 2.05) is 0 Å². The highest BCUT2D eigenvalue weighted by molar-refractivity contribution is 7.99. The molecular formula is C27H35F3N4S. The number of fused-ring (bicyclic) bond motifs is 2. The van der Waals surface area contributed by atoms with Crippen molar-refractivity contribution in [2.75, 3.05) is 42.9 Å². The maximum absolute atomic E-state index is 13.8. The van der Waals surface area contributed by atoms with Gasteiger partial charge in [0.2, 0.25) is 0 Å². The second-order valence-corrected chi connectivity index (χ2v) is 11.5. The van der Waals surface area contributed by atoms with Gasteiger partial charge in [-0.15, -0.1) is 0 Å². The molecule has 3 N–H and O–H groups in total. The molecule has 2 unspecified atom stereocenters. The number of nitrogens with one attached hydrogen (secondary N) is 1. The third-order valence-corrected chi connectivity index (χ3v) is 8.87. The molecule has 0 radical (unpaired) electrons. The Morgan fingerprint density at radius 2 is 1.86 bits per heavy atom. The van der Waals surface area contributed by atoms with Crippen molar-refractivity contribution in [3.05, 3.63) is 47.0 Å². The Morgan fingerprint density at radius 1 is 1.09 bits per heavy atom. The standard InChI is InChI=1S/C27H35F3N4S/c1-17-11-18(2)34(16-17)22-4-3-19-12-23-24(32-21-5-8-33(9-6-21)10-7-31)13-20(27(28,29)30)14-26(23)35-25(19)15-22/h3-4,13-15,17-18,21,32H,5-12,16,31H2,1-2H3. The van der Waals surface area contributed by atoms with E-state index in [9.17, 15) is 13.2 Å². The number of piperidine rings is 1. The van der Waals surface area contributed by atoms with Crippen molar-refractivity contribution >= 4 is 23.1 Å². The number of rotatable bonds is 5. The SMILES string of the molecule is CC1CC(C)N(c2ccc3c(c2)Sc2cc(C(F)(F)F)cc(NC4CCN(CCN)CC4)c2C3)C1. The number of nitrogens with two attached hydrogens (primary N) is 1. The Balaban J connectivity index is 1.42. The molecule has 2 fully saturated rings. The Morgan fingerprint density at radius 3 is 2.51 bits per heavy atom. The molecule has 0 saturated carbocycles. The van der Waals surface area contributed by atoms with Gasteiger partial charge in [-0.25, -0.2) is 0 Å². The minimum absolute atomic E-state index is 0.170. The first-order valence-electron chi connectivity index (χ1n) is 12.7. The fraction of sp³-hybridized carbons (Fsp3) is 0.556. The van der Waals surface area contributed by atoms with Gasteiger partial charge in [0.05, 0.1) is 5.56 Å². The summed E-state index contributed by atoms with van der Waals surface area (Å²) in [5, 5.41) is 3.50. The van der Waals surface area contributed by atoms with Crippen LogP contribution in [-0.2, 0) is 12.6 Å². The zero-order valence-corrected chi connectivity index (χ0v) is 21.3. The third-order valence-electron chi connectivity index (χ3n) is 7.68. The zero-order valence-electron chi connectivity index (χ0n) is 20.5. The molecule has 2 saturated heterocycles. The number of benzene rings is 2. The van der Waals surface area contributed by atoms with Crippen LogP contribution in [0, 0.1) is 5.92 Å². The number of hydrogen-bond acceptors (Lipinski definition) is 5. The molecule has 190 valence electrons. The first-order valence-corrected chi connectivity index (χ1v) is 13.5. The predicted molar refractivity (Wildman–Crippen MR) is 138 cm³/mol. The van der Waals surface area contributed by atoms with E-state index in [1.54, 1.807) is 0 Å². The second-order valence-electron chi connectivity index (χ2n) is 10.5. The fourth-order valence-electron chi connectivity index (χ4n) is 5.85. The maximum atomic E-state index is 13.8. The highest BCUT2D eigenvalue weighted by Gasteiger charge is 2.34. The largest absolute Gasteiger partial charge is 0.416 e. The molecule has 2 aromatic rings. The van der Waals surface area contributed by atoms with Crippen molar-refractivity contribution < 1.29 is 13.2 Å². The van der Waals surface area contributed by atoms with Gasteiger partial charge in [-0.05, 0) is 67.5 Å². The summed E-state index contributed by atoms with van der Waals surface area (Å²) in [6, 6.07) is 9.84. The molecule has 3 heterocycles. The van der Waals surface area contributed by atoms with Gasteiger partial charge in [-0.1, -0.05) is 24.8 Å². The van der Waals surface area contributed by atoms with Crippen LogP contribution in [0.5, 0.6) is 0 Å². The lowest BCUT2D eigenvalue weighted by atomic mass is 9.98. The first kappa shape index (κ1) is 24.8. The Bertz CT molecular complexity index is 1070. The summed E-state index contributed by atoms with van der Waals surface area (Å²) in [7, 11) is 0. The topological polar surface area (TPSA) is 44.5 Å².